The van der Waals surface area contributed by atoms with Crippen LogP contribution >= 0.6 is 0 Å². The highest BCUT2D eigenvalue weighted by Crippen LogP contribution is 2.04. The summed E-state index contributed by atoms with van der Waals surface area (Å²) < 4.78 is 4.46. The first-order valence-electron chi connectivity index (χ1n) is 2.43. The van der Waals surface area contributed by atoms with Gasteiger partial charge in [-0.1, -0.05) is 6.08 Å². The van der Waals surface area contributed by atoms with Crippen LogP contribution < -0.4 is 0 Å². The van der Waals surface area contributed by atoms with Gasteiger partial charge in [0.05, 0.1) is 6.26 Å². The van der Waals surface area contributed by atoms with E-state index in [9.17, 15) is 0 Å². The Morgan fingerprint density at radius 3 is 2.78 bits per heavy atom. The molecular weight excluding hydrogens is 120 g/mol. The van der Waals surface area contributed by atoms with Crippen LogP contribution in [0.1, 0.15) is 0 Å². The Labute approximate surface area is 52.2 Å². The van der Waals surface area contributed by atoms with Crippen molar-refractivity contribution in [3.63, 3.8) is 0 Å². The van der Waals surface area contributed by atoms with Crippen molar-refractivity contribution in [1.29, 1.82) is 0 Å². The monoisotopic (exact) mass is 126 g/mol. The van der Waals surface area contributed by atoms with Gasteiger partial charge in [0.1, 0.15) is 0 Å². The van der Waals surface area contributed by atoms with Gasteiger partial charge in [0.15, 0.2) is 5.76 Å². The van der Waals surface area contributed by atoms with Crippen molar-refractivity contribution < 1.29 is 14.9 Å². The Balaban J connectivity index is 2.85. The van der Waals surface area contributed by atoms with E-state index in [2.05, 4.69) is 4.74 Å². The van der Waals surface area contributed by atoms with Crippen molar-refractivity contribution in [3.05, 3.63) is 36.2 Å². The molecule has 0 aliphatic carbocycles. The Morgan fingerprint density at radius 1 is 1.22 bits per heavy atom. The van der Waals surface area contributed by atoms with Crippen LogP contribution in [0.3, 0.4) is 0 Å². The van der Waals surface area contributed by atoms with Gasteiger partial charge < -0.3 is 14.9 Å². The minimum absolute atomic E-state index is 0.264. The predicted octanol–water partition coefficient (Wildman–Crippen LogP) is 1.37. The van der Waals surface area contributed by atoms with Crippen LogP contribution in [0.4, 0.5) is 0 Å². The first-order chi connectivity index (χ1) is 4.30. The number of hydrogen-bond acceptors (Lipinski definition) is 3. The summed E-state index contributed by atoms with van der Waals surface area (Å²) in [7, 11) is 0. The first kappa shape index (κ1) is 5.75. The van der Waals surface area contributed by atoms with Crippen LogP contribution in [0.15, 0.2) is 36.2 Å². The van der Waals surface area contributed by atoms with Crippen molar-refractivity contribution in [2.24, 2.45) is 0 Å². The number of ether oxygens (including phenoxy) is 1. The summed E-state index contributed by atoms with van der Waals surface area (Å²) in [6, 6.07) is 0. The van der Waals surface area contributed by atoms with Gasteiger partial charge in [-0.2, -0.15) is 0 Å². The Bertz CT molecular complexity index is 188. The fraction of sp³-hybridized carbons (Fsp3) is 0. The quantitative estimate of drug-likeness (QED) is 0.515. The van der Waals surface area contributed by atoms with Gasteiger partial charge in [0.25, 0.3) is 0 Å². The number of rotatable bonds is 0. The second kappa shape index (κ2) is 2.26. The molecule has 1 rings (SSSR count). The minimum Gasteiger partial charge on any atom is -0.502 e. The van der Waals surface area contributed by atoms with Gasteiger partial charge in [-0.15, -0.1) is 0 Å². The molecule has 0 atom stereocenters. The van der Waals surface area contributed by atoms with E-state index < -0.39 is 5.95 Å². The molecular formula is C6H6O3. The van der Waals surface area contributed by atoms with Gasteiger partial charge in [0, 0.05) is 0 Å². The van der Waals surface area contributed by atoms with Crippen LogP contribution in [0.2, 0.25) is 0 Å². The van der Waals surface area contributed by atoms with E-state index in [0.717, 1.165) is 0 Å². The molecule has 1 heterocycles. The number of allylic oxidation sites excluding steroid dienone is 3. The minimum atomic E-state index is -0.472. The van der Waals surface area contributed by atoms with Crippen molar-refractivity contribution >= 4 is 0 Å². The van der Waals surface area contributed by atoms with Crippen LogP contribution in [-0.4, -0.2) is 10.2 Å². The molecule has 9 heavy (non-hydrogen) atoms. The number of aliphatic hydroxyl groups excluding tert-OH is 2. The van der Waals surface area contributed by atoms with E-state index in [1.54, 1.807) is 12.2 Å². The fourth-order valence-corrected chi connectivity index (χ4v) is 0.427. The van der Waals surface area contributed by atoms with Crippen LogP contribution in [0.25, 0.3) is 0 Å². The third-order valence-corrected chi connectivity index (χ3v) is 0.843. The largest absolute Gasteiger partial charge is 0.502 e. The summed E-state index contributed by atoms with van der Waals surface area (Å²) in [4.78, 5) is 0. The summed E-state index contributed by atoms with van der Waals surface area (Å²) in [6.07, 6.45) is 5.71. The zero-order valence-corrected chi connectivity index (χ0v) is 4.61. The summed E-state index contributed by atoms with van der Waals surface area (Å²) in [5.41, 5.74) is 0. The second-order valence-electron chi connectivity index (χ2n) is 1.50. The van der Waals surface area contributed by atoms with Crippen molar-refractivity contribution in [2.75, 3.05) is 0 Å². The average molecular weight is 126 g/mol. The average Bonchev–Trinajstić information content (AvgIpc) is 1.99. The maximum absolute atomic E-state index is 8.74. The number of aliphatic hydroxyl groups is 2. The van der Waals surface area contributed by atoms with Crippen molar-refractivity contribution in [2.45, 2.75) is 0 Å². The predicted molar refractivity (Wildman–Crippen MR) is 31.6 cm³/mol. The van der Waals surface area contributed by atoms with Gasteiger partial charge in [0.2, 0.25) is 0 Å². The van der Waals surface area contributed by atoms with E-state index >= 15 is 0 Å². The lowest BCUT2D eigenvalue weighted by Gasteiger charge is -1.94. The smallest absolute Gasteiger partial charge is 0.325 e. The Morgan fingerprint density at radius 2 is 2.00 bits per heavy atom. The first-order valence-corrected chi connectivity index (χ1v) is 2.43. The Hall–Kier alpha value is -1.38. The van der Waals surface area contributed by atoms with Gasteiger partial charge in [-0.3, -0.25) is 0 Å². The van der Waals surface area contributed by atoms with Gasteiger partial charge in [-0.25, -0.2) is 0 Å². The molecule has 1 aliphatic heterocycles. The molecule has 0 saturated heterocycles. The van der Waals surface area contributed by atoms with E-state index in [1.165, 1.54) is 12.3 Å². The Kier molecular flexibility index (Phi) is 1.44. The summed E-state index contributed by atoms with van der Waals surface area (Å²) in [5.74, 6) is -0.736. The summed E-state index contributed by atoms with van der Waals surface area (Å²) in [6.45, 7) is 0. The summed E-state index contributed by atoms with van der Waals surface area (Å²) in [5, 5.41) is 17.4. The molecule has 2 N–H and O–H groups in total. The molecule has 0 aromatic heterocycles. The zero-order valence-electron chi connectivity index (χ0n) is 4.61. The maximum atomic E-state index is 8.74. The lowest BCUT2D eigenvalue weighted by molar-refractivity contribution is 0.145. The lowest BCUT2D eigenvalue weighted by Crippen LogP contribution is -1.86. The third kappa shape index (κ3) is 1.25. The molecule has 0 unspecified atom stereocenters. The zero-order chi connectivity index (χ0) is 6.69. The molecule has 0 saturated carbocycles. The van der Waals surface area contributed by atoms with E-state index in [4.69, 9.17) is 10.2 Å². The number of hydrogen-bond donors (Lipinski definition) is 2. The third-order valence-electron chi connectivity index (χ3n) is 0.843. The standard InChI is InChI=1S/C6H6O3/c7-5-3-1-2-4-9-6(5)8/h1-4,7-8H. The normalized spacial score (nSPS) is 17.3. The molecule has 0 amide bonds. The highest BCUT2D eigenvalue weighted by Gasteiger charge is 1.99. The molecule has 0 fully saturated rings. The lowest BCUT2D eigenvalue weighted by atomic mass is 10.4. The second-order valence-corrected chi connectivity index (χ2v) is 1.50. The molecule has 0 aromatic carbocycles. The van der Waals surface area contributed by atoms with E-state index in [0.29, 0.717) is 0 Å². The van der Waals surface area contributed by atoms with Crippen molar-refractivity contribution in [3.8, 4) is 0 Å². The van der Waals surface area contributed by atoms with Crippen molar-refractivity contribution in [1.82, 2.24) is 0 Å². The van der Waals surface area contributed by atoms with Gasteiger partial charge in [-0.05, 0) is 12.2 Å². The fourth-order valence-electron chi connectivity index (χ4n) is 0.427. The maximum Gasteiger partial charge on any atom is 0.325 e. The summed E-state index contributed by atoms with van der Waals surface area (Å²) >= 11 is 0. The van der Waals surface area contributed by atoms with Crippen LogP contribution in [0.5, 0.6) is 0 Å². The SMILES string of the molecule is OC1=C(O)OC=CC=C1. The van der Waals surface area contributed by atoms with E-state index in [-0.39, 0.29) is 5.76 Å². The molecule has 0 spiro atoms. The molecule has 48 valence electrons. The topological polar surface area (TPSA) is 49.7 Å². The molecule has 1 aliphatic rings. The highest BCUT2D eigenvalue weighted by molar-refractivity contribution is 5.18. The molecule has 3 nitrogen and oxygen atoms in total. The molecule has 0 bridgehead atoms. The molecule has 3 heteroatoms. The van der Waals surface area contributed by atoms with Crippen LogP contribution in [-0.2, 0) is 4.74 Å². The van der Waals surface area contributed by atoms with Crippen LogP contribution in [0, 0.1) is 0 Å². The molecule has 0 aromatic rings. The van der Waals surface area contributed by atoms with E-state index in [1.807, 2.05) is 0 Å². The van der Waals surface area contributed by atoms with Gasteiger partial charge >= 0.3 is 5.95 Å². The molecule has 0 radical (unpaired) electrons. The highest BCUT2D eigenvalue weighted by atomic mass is 16.6.